The summed E-state index contributed by atoms with van der Waals surface area (Å²) >= 11 is 0. The third kappa shape index (κ3) is 5.05. The van der Waals surface area contributed by atoms with Crippen LogP contribution in [0.1, 0.15) is 18.7 Å². The number of aromatic nitrogens is 8. The predicted octanol–water partition coefficient (Wildman–Crippen LogP) is -1.26. The highest BCUT2D eigenvalue weighted by molar-refractivity contribution is 7.47. The van der Waals surface area contributed by atoms with Crippen LogP contribution in [0.25, 0.3) is 22.3 Å². The van der Waals surface area contributed by atoms with Crippen LogP contribution in [0, 0.1) is 5.92 Å². The number of imidazole rings is 2. The van der Waals surface area contributed by atoms with Gasteiger partial charge in [0.2, 0.25) is 0 Å². The molecule has 1 saturated carbocycles. The SMILES string of the molecule is Nc1ncnc2c1ncn2[C@@H]1O[C@@H]2COP(=O)(O)OC3C(O)[C@@H](COP(=O)(O)O[C@@H]2C1O)C[C@H]3n1cnc2c(=O)[nH]cnc21. The first kappa shape index (κ1) is 29.5. The topological polar surface area (TPSA) is 294 Å². The second-order valence-corrected chi connectivity index (χ2v) is 13.2. The molecule has 2 saturated heterocycles. The molecule has 3 aliphatic rings. The maximum atomic E-state index is 13.2. The number of ether oxygens (including phenoxy) is 1. The summed E-state index contributed by atoms with van der Waals surface area (Å²) in [7, 11) is -9.96. The van der Waals surface area contributed by atoms with E-state index in [-0.39, 0.29) is 34.6 Å². The van der Waals surface area contributed by atoms with Crippen LogP contribution in [-0.4, -0.2) is 103 Å². The largest absolute Gasteiger partial charge is 0.472 e. The number of aliphatic hydroxyl groups is 2. The standard InChI is InChI=1S/C21H25N9O12P2/c22-17-11-18(24-4-23-17)30(7-27-11)21-14(32)16-10(40-21)3-39-44(36,37)41-15-9(1-8(13(15)31)2-38-43(34,35)42-16)29-6-28-12-19(29)25-5-26-20(12)33/h4-10,13-16,21,31-32H,1-3H2,(H,34,35)(H,36,37)(H2,22,23,24)(H,25,26,33)/t8-,9-,10-,13?,14?,15?,16+,21-/m1/s1. The van der Waals surface area contributed by atoms with E-state index in [0.29, 0.717) is 0 Å². The number of nitrogens with two attached hydrogens (primary N) is 1. The molecule has 44 heavy (non-hydrogen) atoms. The van der Waals surface area contributed by atoms with E-state index < -0.39 is 83.1 Å². The second-order valence-electron chi connectivity index (χ2n) is 10.4. The van der Waals surface area contributed by atoms with E-state index in [2.05, 4.69) is 29.9 Å². The summed E-state index contributed by atoms with van der Waals surface area (Å²) in [6.45, 7) is -1.35. The third-order valence-electron chi connectivity index (χ3n) is 7.80. The van der Waals surface area contributed by atoms with Gasteiger partial charge in [-0.05, 0) is 6.42 Å². The summed E-state index contributed by atoms with van der Waals surface area (Å²) in [5.41, 5.74) is 5.74. The Hall–Kier alpha value is -3.20. The van der Waals surface area contributed by atoms with Crippen LogP contribution in [0.5, 0.6) is 0 Å². The van der Waals surface area contributed by atoms with Gasteiger partial charge in [-0.15, -0.1) is 0 Å². The first-order valence-corrected chi connectivity index (χ1v) is 16.1. The van der Waals surface area contributed by atoms with Gasteiger partial charge >= 0.3 is 15.6 Å². The smallest absolute Gasteiger partial charge is 0.390 e. The average molecular weight is 657 g/mol. The lowest BCUT2D eigenvalue weighted by Crippen LogP contribution is -2.36. The van der Waals surface area contributed by atoms with E-state index >= 15 is 0 Å². The lowest BCUT2D eigenvalue weighted by molar-refractivity contribution is -0.0552. The van der Waals surface area contributed by atoms with Crippen molar-refractivity contribution < 1.29 is 52.0 Å². The number of phosphoric ester groups is 2. The number of anilines is 1. The molecule has 7 rings (SSSR count). The van der Waals surface area contributed by atoms with Crippen molar-refractivity contribution in [2.24, 2.45) is 5.92 Å². The molecule has 0 amide bonds. The first-order valence-electron chi connectivity index (χ1n) is 13.1. The van der Waals surface area contributed by atoms with Gasteiger partial charge in [-0.1, -0.05) is 0 Å². The average Bonchev–Trinajstić information content (AvgIpc) is 3.73. The fourth-order valence-electron chi connectivity index (χ4n) is 5.75. The number of nitrogens with one attached hydrogen (secondary N) is 1. The highest BCUT2D eigenvalue weighted by Crippen LogP contribution is 2.55. The summed E-state index contributed by atoms with van der Waals surface area (Å²) < 4.78 is 56.0. The zero-order valence-corrected chi connectivity index (χ0v) is 24.0. The number of nitrogens with zero attached hydrogens (tertiary/aromatic N) is 7. The van der Waals surface area contributed by atoms with Crippen molar-refractivity contribution in [3.8, 4) is 0 Å². The van der Waals surface area contributed by atoms with Gasteiger partial charge in [0.25, 0.3) is 5.56 Å². The molecule has 0 spiro atoms. The minimum absolute atomic E-state index is 0.0235. The van der Waals surface area contributed by atoms with Crippen molar-refractivity contribution in [2.45, 2.75) is 49.2 Å². The molecule has 0 aromatic carbocycles. The Kier molecular flexibility index (Phi) is 7.18. The number of hydrogen-bond acceptors (Lipinski definition) is 16. The summed E-state index contributed by atoms with van der Waals surface area (Å²) in [6, 6.07) is -0.936. The number of fused-ring (bicyclic) bond motifs is 5. The van der Waals surface area contributed by atoms with Crippen molar-refractivity contribution in [3.05, 3.63) is 35.7 Å². The second kappa shape index (κ2) is 10.7. The van der Waals surface area contributed by atoms with Crippen LogP contribution in [0.15, 0.2) is 30.1 Å². The predicted molar refractivity (Wildman–Crippen MR) is 142 cm³/mol. The number of nitrogen functional groups attached to an aromatic ring is 1. The maximum Gasteiger partial charge on any atom is 0.472 e. The van der Waals surface area contributed by atoms with Gasteiger partial charge in [0.1, 0.15) is 36.3 Å². The molecular weight excluding hydrogens is 632 g/mol. The van der Waals surface area contributed by atoms with Crippen LogP contribution in [0.2, 0.25) is 0 Å². The van der Waals surface area contributed by atoms with Gasteiger partial charge in [0.05, 0.1) is 44.3 Å². The zero-order valence-electron chi connectivity index (χ0n) is 22.2. The fraction of sp³-hybridized carbons (Fsp3) is 0.524. The maximum absolute atomic E-state index is 13.2. The molecule has 4 aromatic heterocycles. The van der Waals surface area contributed by atoms with E-state index in [1.807, 2.05) is 0 Å². The molecule has 5 unspecified atom stereocenters. The Morgan fingerprint density at radius 2 is 1.57 bits per heavy atom. The molecule has 0 radical (unpaired) electrons. The minimum atomic E-state index is -5.00. The van der Waals surface area contributed by atoms with E-state index in [1.54, 1.807) is 0 Å². The fourth-order valence-corrected chi connectivity index (χ4v) is 7.73. The number of aromatic amines is 1. The highest BCUT2D eigenvalue weighted by atomic mass is 31.2. The van der Waals surface area contributed by atoms with E-state index in [1.165, 1.54) is 21.8 Å². The van der Waals surface area contributed by atoms with Crippen molar-refractivity contribution in [3.63, 3.8) is 0 Å². The van der Waals surface area contributed by atoms with Crippen LogP contribution < -0.4 is 11.3 Å². The lowest BCUT2D eigenvalue weighted by atomic mass is 10.1. The summed E-state index contributed by atoms with van der Waals surface area (Å²) in [4.78, 5) is 56.1. The van der Waals surface area contributed by atoms with Gasteiger partial charge < -0.3 is 40.0 Å². The quantitative estimate of drug-likeness (QED) is 0.137. The van der Waals surface area contributed by atoms with Crippen molar-refractivity contribution in [1.82, 2.24) is 39.0 Å². The summed E-state index contributed by atoms with van der Waals surface area (Å²) in [6.07, 6.45) is -4.21. The number of phosphoric acid groups is 2. The van der Waals surface area contributed by atoms with Gasteiger partial charge in [-0.25, -0.2) is 34.0 Å². The molecule has 7 N–H and O–H groups in total. The monoisotopic (exact) mass is 657 g/mol. The molecule has 2 bridgehead atoms. The summed E-state index contributed by atoms with van der Waals surface area (Å²) in [5, 5.41) is 22.2. The molecule has 3 fully saturated rings. The Morgan fingerprint density at radius 1 is 0.886 bits per heavy atom. The Labute approximate surface area is 244 Å². The molecule has 1 aliphatic carbocycles. The number of rotatable bonds is 2. The molecule has 6 heterocycles. The molecule has 236 valence electrons. The van der Waals surface area contributed by atoms with Gasteiger partial charge in [0.15, 0.2) is 28.9 Å². The highest BCUT2D eigenvalue weighted by Gasteiger charge is 2.53. The minimum Gasteiger partial charge on any atom is -0.390 e. The summed E-state index contributed by atoms with van der Waals surface area (Å²) in [5.74, 6) is -0.888. The first-order chi connectivity index (χ1) is 20.9. The van der Waals surface area contributed by atoms with Gasteiger partial charge in [0, 0.05) is 5.92 Å². The van der Waals surface area contributed by atoms with Crippen molar-refractivity contribution >= 4 is 43.8 Å². The van der Waals surface area contributed by atoms with E-state index in [0.717, 1.165) is 12.7 Å². The van der Waals surface area contributed by atoms with Crippen LogP contribution in [-0.2, 0) is 32.0 Å². The molecule has 10 atom stereocenters. The number of hydrogen-bond donors (Lipinski definition) is 6. The number of H-pyrrole nitrogens is 1. The molecule has 2 aliphatic heterocycles. The normalized spacial score (nSPS) is 38.3. The molecule has 21 nitrogen and oxygen atoms in total. The van der Waals surface area contributed by atoms with E-state index in [4.69, 9.17) is 28.6 Å². The van der Waals surface area contributed by atoms with E-state index in [9.17, 15) is 33.9 Å². The third-order valence-corrected chi connectivity index (χ3v) is 9.77. The zero-order chi connectivity index (χ0) is 31.0. The molecular formula is C21H25N9O12P2. The van der Waals surface area contributed by atoms with Crippen molar-refractivity contribution in [1.29, 1.82) is 0 Å². The van der Waals surface area contributed by atoms with Gasteiger partial charge in [-0.2, -0.15) is 0 Å². The lowest BCUT2D eigenvalue weighted by Gasteiger charge is -2.26. The van der Waals surface area contributed by atoms with Gasteiger partial charge in [-0.3, -0.25) is 27.5 Å². The Bertz CT molecular complexity index is 1880. The molecule has 4 aromatic rings. The Balaban J connectivity index is 1.20. The number of aliphatic hydroxyl groups excluding tert-OH is 2. The molecule has 23 heteroatoms. The van der Waals surface area contributed by atoms with Crippen molar-refractivity contribution in [2.75, 3.05) is 18.9 Å². The van der Waals surface area contributed by atoms with Crippen LogP contribution in [0.4, 0.5) is 5.82 Å². The van der Waals surface area contributed by atoms with Crippen LogP contribution >= 0.6 is 15.6 Å². The van der Waals surface area contributed by atoms with Crippen LogP contribution in [0.3, 0.4) is 0 Å². The Morgan fingerprint density at radius 3 is 2.36 bits per heavy atom.